The number of carbonyl (C=O) groups is 1. The van der Waals surface area contributed by atoms with Crippen molar-refractivity contribution < 1.29 is 4.79 Å². The third kappa shape index (κ3) is 6.22. The molecular weight excluding hydrogens is 547 g/mol. The van der Waals surface area contributed by atoms with Crippen LogP contribution in [0.5, 0.6) is 0 Å². The molecule has 3 aromatic rings. The molecule has 1 aliphatic carbocycles. The fourth-order valence-electron chi connectivity index (χ4n) is 5.10. The molecular formula is C31H32Cl2N4OS. The Kier molecular flexibility index (Phi) is 8.42. The van der Waals surface area contributed by atoms with Crippen LogP contribution in [0.25, 0.3) is 21.6 Å². The first-order chi connectivity index (χ1) is 18.7. The summed E-state index contributed by atoms with van der Waals surface area (Å²) < 4.78 is 0. The molecule has 3 heterocycles. The van der Waals surface area contributed by atoms with Crippen molar-refractivity contribution >= 4 is 52.0 Å². The number of pyridine rings is 1. The van der Waals surface area contributed by atoms with Gasteiger partial charge in [-0.2, -0.15) is 5.26 Å². The first-order valence-corrected chi connectivity index (χ1v) is 15.2. The molecule has 202 valence electrons. The summed E-state index contributed by atoms with van der Waals surface area (Å²) in [6.45, 7) is 7.27. The van der Waals surface area contributed by atoms with E-state index in [1.165, 1.54) is 0 Å². The number of rotatable bonds is 7. The van der Waals surface area contributed by atoms with Gasteiger partial charge < -0.3 is 5.32 Å². The van der Waals surface area contributed by atoms with E-state index in [0.29, 0.717) is 27.3 Å². The van der Waals surface area contributed by atoms with Crippen LogP contribution in [0.4, 0.5) is 5.82 Å². The average molecular weight is 580 g/mol. The lowest BCUT2D eigenvalue weighted by atomic mass is 9.92. The molecule has 1 fully saturated rings. The minimum Gasteiger partial charge on any atom is -0.310 e. The molecule has 1 aromatic carbocycles. The lowest BCUT2D eigenvalue weighted by Crippen LogP contribution is -2.15. The van der Waals surface area contributed by atoms with Gasteiger partial charge in [0.25, 0.3) is 0 Å². The van der Waals surface area contributed by atoms with Crippen molar-refractivity contribution in [2.45, 2.75) is 59.3 Å². The van der Waals surface area contributed by atoms with Crippen molar-refractivity contribution in [3.05, 3.63) is 56.5 Å². The Hall–Kier alpha value is -2.72. The molecule has 1 N–H and O–H groups in total. The Morgan fingerprint density at radius 3 is 2.64 bits per heavy atom. The van der Waals surface area contributed by atoms with Gasteiger partial charge >= 0.3 is 0 Å². The third-order valence-electron chi connectivity index (χ3n) is 7.20. The monoisotopic (exact) mass is 578 g/mol. The van der Waals surface area contributed by atoms with Crippen LogP contribution in [0.3, 0.4) is 0 Å². The van der Waals surface area contributed by atoms with E-state index in [9.17, 15) is 10.1 Å². The number of anilines is 1. The number of nitrogens with zero attached hydrogens (tertiary/aromatic N) is 3. The predicted octanol–water partition coefficient (Wildman–Crippen LogP) is 8.81. The molecule has 0 bridgehead atoms. The highest BCUT2D eigenvalue weighted by Gasteiger charge is 2.31. The summed E-state index contributed by atoms with van der Waals surface area (Å²) in [4.78, 5) is 24.2. The van der Waals surface area contributed by atoms with Crippen molar-refractivity contribution in [3.63, 3.8) is 0 Å². The van der Waals surface area contributed by atoms with Crippen LogP contribution < -0.4 is 5.32 Å². The number of aliphatic imine (C=N–C) groups is 1. The number of benzene rings is 1. The first-order valence-electron chi connectivity index (χ1n) is 13.6. The Bertz CT molecular complexity index is 1480. The van der Waals surface area contributed by atoms with Gasteiger partial charge in [-0.15, -0.1) is 11.3 Å². The number of hydrogen-bond acceptors (Lipinski definition) is 5. The normalized spacial score (nSPS) is 17.5. The number of halogens is 2. The minimum atomic E-state index is 0.0118. The lowest BCUT2D eigenvalue weighted by Gasteiger charge is -2.14. The molecule has 1 atom stereocenters. The summed E-state index contributed by atoms with van der Waals surface area (Å²) in [6, 6.07) is 11.9. The number of aromatic nitrogens is 1. The molecule has 1 amide bonds. The third-order valence-corrected chi connectivity index (χ3v) is 9.01. The number of nitriles is 1. The molecule has 0 spiro atoms. The van der Waals surface area contributed by atoms with E-state index in [4.69, 9.17) is 33.2 Å². The second kappa shape index (κ2) is 11.8. The van der Waals surface area contributed by atoms with Gasteiger partial charge in [-0.25, -0.2) is 4.98 Å². The van der Waals surface area contributed by atoms with E-state index in [0.717, 1.165) is 82.9 Å². The van der Waals surface area contributed by atoms with Crippen LogP contribution in [-0.4, -0.2) is 23.1 Å². The fraction of sp³-hybridized carbons (Fsp3) is 0.419. The Labute approximate surface area is 244 Å². The van der Waals surface area contributed by atoms with E-state index in [1.54, 1.807) is 17.4 Å². The summed E-state index contributed by atoms with van der Waals surface area (Å²) in [5, 5.41) is 14.6. The maximum Gasteiger partial charge on any atom is 0.228 e. The molecule has 5 rings (SSSR count). The summed E-state index contributed by atoms with van der Waals surface area (Å²) in [5.41, 5.74) is 4.91. The molecule has 2 aromatic heterocycles. The van der Waals surface area contributed by atoms with E-state index < -0.39 is 0 Å². The van der Waals surface area contributed by atoms with Gasteiger partial charge in [-0.05, 0) is 73.8 Å². The number of thiophene rings is 1. The van der Waals surface area contributed by atoms with Gasteiger partial charge in [0.2, 0.25) is 5.91 Å². The topological polar surface area (TPSA) is 78.1 Å². The zero-order valence-electron chi connectivity index (χ0n) is 22.5. The van der Waals surface area contributed by atoms with Gasteiger partial charge in [0.1, 0.15) is 11.9 Å². The SMILES string of the molecule is CC(C)Cc1cc(-c2sc(C3=NCCCCC3C)c(-c3ccc(Cl)cc3Cl)c2C#N)cc(NC(=O)C2CC2)n1. The van der Waals surface area contributed by atoms with Crippen LogP contribution in [0.2, 0.25) is 10.0 Å². The Balaban J connectivity index is 1.72. The summed E-state index contributed by atoms with van der Waals surface area (Å²) in [6.07, 6.45) is 5.83. The van der Waals surface area contributed by atoms with Gasteiger partial charge in [0.15, 0.2) is 0 Å². The van der Waals surface area contributed by atoms with E-state index in [-0.39, 0.29) is 17.7 Å². The Morgan fingerprint density at radius 2 is 1.95 bits per heavy atom. The van der Waals surface area contributed by atoms with Gasteiger partial charge in [0, 0.05) is 39.3 Å². The van der Waals surface area contributed by atoms with Crippen molar-refractivity contribution in [2.24, 2.45) is 22.7 Å². The molecule has 1 unspecified atom stereocenters. The van der Waals surface area contributed by atoms with Gasteiger partial charge in [0.05, 0.1) is 21.0 Å². The number of carbonyl (C=O) groups excluding carboxylic acids is 1. The quantitative estimate of drug-likeness (QED) is 0.304. The summed E-state index contributed by atoms with van der Waals surface area (Å²) in [5.74, 6) is 1.26. The van der Waals surface area contributed by atoms with Crippen molar-refractivity contribution in [1.82, 2.24) is 4.98 Å². The highest BCUT2D eigenvalue weighted by Crippen LogP contribution is 2.46. The first kappa shape index (κ1) is 27.8. The molecule has 0 radical (unpaired) electrons. The Morgan fingerprint density at radius 1 is 1.15 bits per heavy atom. The zero-order chi connectivity index (χ0) is 27.7. The smallest absolute Gasteiger partial charge is 0.228 e. The predicted molar refractivity (Wildman–Crippen MR) is 162 cm³/mol. The van der Waals surface area contributed by atoms with Crippen molar-refractivity contribution in [1.29, 1.82) is 5.26 Å². The van der Waals surface area contributed by atoms with Gasteiger partial charge in [-0.3, -0.25) is 9.79 Å². The highest BCUT2D eigenvalue weighted by molar-refractivity contribution is 7.18. The highest BCUT2D eigenvalue weighted by atomic mass is 35.5. The molecule has 1 aliphatic heterocycles. The second-order valence-corrected chi connectivity index (χ2v) is 12.9. The molecule has 2 aliphatic rings. The molecule has 8 heteroatoms. The van der Waals surface area contributed by atoms with Crippen LogP contribution in [0.1, 0.15) is 69.0 Å². The maximum absolute atomic E-state index is 12.6. The number of hydrogen-bond donors (Lipinski definition) is 1. The van der Waals surface area contributed by atoms with E-state index in [2.05, 4.69) is 38.2 Å². The van der Waals surface area contributed by atoms with E-state index in [1.807, 2.05) is 18.2 Å². The summed E-state index contributed by atoms with van der Waals surface area (Å²) >= 11 is 14.6. The van der Waals surface area contributed by atoms with E-state index >= 15 is 0 Å². The number of nitrogens with one attached hydrogen (secondary N) is 1. The minimum absolute atomic E-state index is 0.0118. The maximum atomic E-state index is 12.6. The second-order valence-electron chi connectivity index (χ2n) is 11.0. The van der Waals surface area contributed by atoms with Crippen LogP contribution in [0, 0.1) is 29.1 Å². The average Bonchev–Trinajstić information content (AvgIpc) is 3.69. The molecule has 39 heavy (non-hydrogen) atoms. The van der Waals surface area contributed by atoms with Crippen molar-refractivity contribution in [2.75, 3.05) is 11.9 Å². The summed E-state index contributed by atoms with van der Waals surface area (Å²) in [7, 11) is 0. The van der Waals surface area contributed by atoms with Crippen LogP contribution >= 0.6 is 34.5 Å². The standard InChI is InChI=1S/C31H32Cl2N4OS/c1-17(2)12-22-13-20(14-26(36-22)37-31(38)19-7-8-19)29-24(16-34)27(23-10-9-21(32)15-25(23)33)30(39-29)28-18(3)6-4-5-11-35-28/h9-10,13-15,17-19H,4-8,11-12H2,1-3H3,(H,36,37,38). The zero-order valence-corrected chi connectivity index (χ0v) is 24.8. The molecule has 1 saturated carbocycles. The van der Waals surface area contributed by atoms with Gasteiger partial charge in [-0.1, -0.05) is 56.5 Å². The molecule has 5 nitrogen and oxygen atoms in total. The largest absolute Gasteiger partial charge is 0.310 e. The van der Waals surface area contributed by atoms with Crippen LogP contribution in [-0.2, 0) is 11.2 Å². The van der Waals surface area contributed by atoms with Crippen LogP contribution in [0.15, 0.2) is 35.3 Å². The van der Waals surface area contributed by atoms with Crippen molar-refractivity contribution in [3.8, 4) is 27.6 Å². The lowest BCUT2D eigenvalue weighted by molar-refractivity contribution is -0.117. The molecule has 0 saturated heterocycles. The fourth-order valence-corrected chi connectivity index (χ4v) is 6.98. The number of amides is 1.